The van der Waals surface area contributed by atoms with Crippen LogP contribution in [0.3, 0.4) is 0 Å². The number of aliphatic hydroxyl groups is 1. The first kappa shape index (κ1) is 20.3. The summed E-state index contributed by atoms with van der Waals surface area (Å²) >= 11 is 0. The van der Waals surface area contributed by atoms with Crippen LogP contribution in [0.15, 0.2) is 54.6 Å². The molecule has 2 aromatic carbocycles. The quantitative estimate of drug-likeness (QED) is 0.721. The number of carbonyl (C=O) groups excluding carboxylic acids is 2. The standard InChI is InChI=1S/C24H26N2O4/c27-17-20(28)8-6-19-7-9-22-21(16-19)23(29)25-24(30-22)11-14-26(15-12-24)13-10-18-4-2-1-3-5-18/h1-9,16,27H,10-15,17H2,(H,25,29)/b8-6+. The zero-order valence-corrected chi connectivity index (χ0v) is 16.8. The molecule has 0 aliphatic carbocycles. The van der Waals surface area contributed by atoms with Crippen molar-refractivity contribution in [3.05, 3.63) is 71.3 Å². The van der Waals surface area contributed by atoms with E-state index in [1.165, 1.54) is 11.6 Å². The van der Waals surface area contributed by atoms with E-state index in [-0.39, 0.29) is 11.7 Å². The van der Waals surface area contributed by atoms with Crippen LogP contribution in [0.25, 0.3) is 6.08 Å². The topological polar surface area (TPSA) is 78.9 Å². The van der Waals surface area contributed by atoms with Crippen molar-refractivity contribution in [1.29, 1.82) is 0 Å². The maximum atomic E-state index is 12.8. The Morgan fingerprint density at radius 1 is 1.17 bits per heavy atom. The molecule has 0 unspecified atom stereocenters. The van der Waals surface area contributed by atoms with Gasteiger partial charge in [-0.15, -0.1) is 0 Å². The number of fused-ring (bicyclic) bond motifs is 1. The van der Waals surface area contributed by atoms with Gasteiger partial charge >= 0.3 is 0 Å². The maximum absolute atomic E-state index is 12.8. The van der Waals surface area contributed by atoms with Crippen LogP contribution in [0.2, 0.25) is 0 Å². The average Bonchev–Trinajstić information content (AvgIpc) is 2.78. The Labute approximate surface area is 176 Å². The van der Waals surface area contributed by atoms with E-state index in [2.05, 4.69) is 34.5 Å². The fourth-order valence-corrected chi connectivity index (χ4v) is 3.97. The van der Waals surface area contributed by atoms with Crippen LogP contribution in [-0.2, 0) is 11.2 Å². The van der Waals surface area contributed by atoms with Crippen molar-refractivity contribution in [3.8, 4) is 5.75 Å². The number of nitrogens with zero attached hydrogens (tertiary/aromatic N) is 1. The number of aliphatic hydroxyl groups excluding tert-OH is 1. The van der Waals surface area contributed by atoms with Gasteiger partial charge in [0.25, 0.3) is 5.91 Å². The number of benzene rings is 2. The first-order valence-corrected chi connectivity index (χ1v) is 10.3. The van der Waals surface area contributed by atoms with Crippen LogP contribution in [0.1, 0.15) is 34.3 Å². The normalized spacial score (nSPS) is 18.1. The number of nitrogens with one attached hydrogen (secondary N) is 1. The summed E-state index contributed by atoms with van der Waals surface area (Å²) in [5, 5.41) is 11.9. The largest absolute Gasteiger partial charge is 0.467 e. The second-order valence-electron chi connectivity index (χ2n) is 7.84. The molecule has 1 fully saturated rings. The Hall–Kier alpha value is -2.96. The van der Waals surface area contributed by atoms with E-state index in [1.807, 2.05) is 6.07 Å². The van der Waals surface area contributed by atoms with Crippen molar-refractivity contribution in [1.82, 2.24) is 10.2 Å². The molecule has 0 radical (unpaired) electrons. The first-order chi connectivity index (χ1) is 14.6. The molecule has 6 heteroatoms. The van der Waals surface area contributed by atoms with Gasteiger partial charge in [0.2, 0.25) is 0 Å². The first-order valence-electron chi connectivity index (χ1n) is 10.3. The number of ether oxygens (including phenoxy) is 1. The monoisotopic (exact) mass is 406 g/mol. The molecule has 0 atom stereocenters. The lowest BCUT2D eigenvalue weighted by molar-refractivity contribution is -0.117. The van der Waals surface area contributed by atoms with Crippen molar-refractivity contribution in [2.75, 3.05) is 26.2 Å². The summed E-state index contributed by atoms with van der Waals surface area (Å²) < 4.78 is 6.25. The molecule has 2 aliphatic heterocycles. The molecule has 156 valence electrons. The fraction of sp³-hybridized carbons (Fsp3) is 0.333. The maximum Gasteiger partial charge on any atom is 0.258 e. The molecule has 4 rings (SSSR count). The zero-order valence-electron chi connectivity index (χ0n) is 16.8. The minimum absolute atomic E-state index is 0.155. The lowest BCUT2D eigenvalue weighted by Crippen LogP contribution is -2.61. The minimum atomic E-state index is -0.655. The minimum Gasteiger partial charge on any atom is -0.467 e. The number of hydrogen-bond donors (Lipinski definition) is 2. The highest BCUT2D eigenvalue weighted by atomic mass is 16.5. The molecule has 1 amide bonds. The molecule has 6 nitrogen and oxygen atoms in total. The van der Waals surface area contributed by atoms with Gasteiger partial charge in [-0.05, 0) is 35.8 Å². The Balaban J connectivity index is 1.38. The van der Waals surface area contributed by atoms with E-state index in [4.69, 9.17) is 9.84 Å². The molecular weight excluding hydrogens is 380 g/mol. The Bertz CT molecular complexity index is 947. The molecule has 2 heterocycles. The summed E-state index contributed by atoms with van der Waals surface area (Å²) in [5.74, 6) is 0.0336. The number of ketones is 1. The Morgan fingerprint density at radius 2 is 1.93 bits per heavy atom. The third-order valence-corrected chi connectivity index (χ3v) is 5.74. The molecular formula is C24H26N2O4. The van der Waals surface area contributed by atoms with E-state index in [0.717, 1.165) is 38.9 Å². The number of rotatable bonds is 6. The molecule has 0 saturated carbocycles. The van der Waals surface area contributed by atoms with Crippen molar-refractivity contribution < 1.29 is 19.4 Å². The molecule has 2 aromatic rings. The van der Waals surface area contributed by atoms with Gasteiger partial charge in [-0.1, -0.05) is 42.5 Å². The van der Waals surface area contributed by atoms with E-state index < -0.39 is 12.3 Å². The van der Waals surface area contributed by atoms with Crippen LogP contribution in [0.4, 0.5) is 0 Å². The van der Waals surface area contributed by atoms with Crippen LogP contribution in [-0.4, -0.2) is 53.7 Å². The van der Waals surface area contributed by atoms with Gasteiger partial charge in [-0.3, -0.25) is 9.59 Å². The van der Waals surface area contributed by atoms with Crippen LogP contribution in [0, 0.1) is 0 Å². The summed E-state index contributed by atoms with van der Waals surface area (Å²) in [6, 6.07) is 15.7. The predicted octanol–water partition coefficient (Wildman–Crippen LogP) is 2.42. The van der Waals surface area contributed by atoms with Crippen molar-refractivity contribution >= 4 is 17.8 Å². The van der Waals surface area contributed by atoms with Crippen molar-refractivity contribution in [2.24, 2.45) is 0 Å². The smallest absolute Gasteiger partial charge is 0.258 e. The molecule has 2 N–H and O–H groups in total. The van der Waals surface area contributed by atoms with Crippen LogP contribution < -0.4 is 10.1 Å². The summed E-state index contributed by atoms with van der Waals surface area (Å²) in [6.45, 7) is 2.20. The molecule has 1 saturated heterocycles. The van der Waals surface area contributed by atoms with Gasteiger partial charge in [0, 0.05) is 32.5 Å². The van der Waals surface area contributed by atoms with Gasteiger partial charge in [-0.25, -0.2) is 0 Å². The molecule has 0 aromatic heterocycles. The highest BCUT2D eigenvalue weighted by Gasteiger charge is 2.42. The fourth-order valence-electron chi connectivity index (χ4n) is 3.97. The van der Waals surface area contributed by atoms with Gasteiger partial charge in [-0.2, -0.15) is 0 Å². The molecule has 30 heavy (non-hydrogen) atoms. The van der Waals surface area contributed by atoms with Gasteiger partial charge in [0.1, 0.15) is 12.4 Å². The number of likely N-dealkylation sites (tertiary alicyclic amines) is 1. The Morgan fingerprint density at radius 3 is 2.67 bits per heavy atom. The SMILES string of the molecule is O=C(/C=C/c1ccc2c(c1)C(=O)NC1(CCN(CCc3ccccc3)CC1)O2)CO. The number of hydrogen-bond acceptors (Lipinski definition) is 5. The van der Waals surface area contributed by atoms with Crippen LogP contribution in [0.5, 0.6) is 5.75 Å². The molecule has 1 spiro atoms. The lowest BCUT2D eigenvalue weighted by Gasteiger charge is -2.44. The van der Waals surface area contributed by atoms with E-state index in [9.17, 15) is 9.59 Å². The highest BCUT2D eigenvalue weighted by Crippen LogP contribution is 2.34. The number of amides is 1. The third-order valence-electron chi connectivity index (χ3n) is 5.74. The zero-order chi connectivity index (χ0) is 21.0. The second kappa shape index (κ2) is 8.81. The molecule has 0 bridgehead atoms. The van der Waals surface area contributed by atoms with Crippen molar-refractivity contribution in [3.63, 3.8) is 0 Å². The van der Waals surface area contributed by atoms with Gasteiger partial charge < -0.3 is 20.1 Å². The summed E-state index contributed by atoms with van der Waals surface area (Å²) in [4.78, 5) is 26.4. The Kier molecular flexibility index (Phi) is 5.97. The van der Waals surface area contributed by atoms with Gasteiger partial charge in [0.15, 0.2) is 11.5 Å². The summed E-state index contributed by atoms with van der Waals surface area (Å²) in [6.07, 6.45) is 5.37. The van der Waals surface area contributed by atoms with Crippen LogP contribution >= 0.6 is 0 Å². The lowest BCUT2D eigenvalue weighted by atomic mass is 9.96. The van der Waals surface area contributed by atoms with E-state index in [1.54, 1.807) is 24.3 Å². The third kappa shape index (κ3) is 4.61. The summed E-state index contributed by atoms with van der Waals surface area (Å²) in [7, 11) is 0. The van der Waals surface area contributed by atoms with E-state index in [0.29, 0.717) is 16.9 Å². The number of piperidine rings is 1. The number of carbonyl (C=O) groups is 2. The van der Waals surface area contributed by atoms with Crippen molar-refractivity contribution in [2.45, 2.75) is 25.0 Å². The van der Waals surface area contributed by atoms with E-state index >= 15 is 0 Å². The molecule has 2 aliphatic rings. The highest BCUT2D eigenvalue weighted by molar-refractivity contribution is 5.99. The second-order valence-corrected chi connectivity index (χ2v) is 7.84. The summed E-state index contributed by atoms with van der Waals surface area (Å²) in [5.41, 5.74) is 1.85. The predicted molar refractivity (Wildman–Crippen MR) is 114 cm³/mol. The van der Waals surface area contributed by atoms with Gasteiger partial charge in [0.05, 0.1) is 5.56 Å². The average molecular weight is 406 g/mol.